The number of para-hydroxylation sites is 1. The maximum atomic E-state index is 12.6. The van der Waals surface area contributed by atoms with Crippen molar-refractivity contribution in [3.05, 3.63) is 59.1 Å². The molecule has 4 nitrogen and oxygen atoms in total. The zero-order valence-corrected chi connectivity index (χ0v) is 17.1. The lowest BCUT2D eigenvalue weighted by molar-refractivity contribution is -0.115. The summed E-state index contributed by atoms with van der Waals surface area (Å²) in [5.41, 5.74) is 2.92. The number of thiazole rings is 1. The molecule has 0 bridgehead atoms. The minimum absolute atomic E-state index is 0.0993. The first-order valence-corrected chi connectivity index (χ1v) is 10.5. The van der Waals surface area contributed by atoms with Crippen LogP contribution in [0.25, 0.3) is 21.1 Å². The molecule has 0 saturated heterocycles. The average molecular weight is 414 g/mol. The van der Waals surface area contributed by atoms with Gasteiger partial charge in [0.25, 0.3) is 0 Å². The molecule has 1 atom stereocenters. The Labute approximate surface area is 170 Å². The lowest BCUT2D eigenvalue weighted by Gasteiger charge is -2.11. The lowest BCUT2D eigenvalue weighted by Crippen LogP contribution is -2.22. The molecule has 1 amide bonds. The van der Waals surface area contributed by atoms with Gasteiger partial charge in [-0.25, -0.2) is 9.97 Å². The Balaban J connectivity index is 1.50. The van der Waals surface area contributed by atoms with Gasteiger partial charge in [-0.3, -0.25) is 4.79 Å². The number of anilines is 1. The standard InChI is InChI=1S/C20H16ClN3OS2/c1-11-9-18(22-15-6-4-3-5-14(11)15)26-12(2)19(25)24-20-23-16-8-7-13(21)10-17(16)27-20/h3-10,12H,1-2H3,(H,23,24,25). The summed E-state index contributed by atoms with van der Waals surface area (Å²) in [6.07, 6.45) is 0. The number of fused-ring (bicyclic) bond motifs is 2. The molecule has 2 heterocycles. The van der Waals surface area contributed by atoms with Crippen molar-refractivity contribution in [2.24, 2.45) is 0 Å². The number of amides is 1. The number of carbonyl (C=O) groups excluding carboxylic acids is 1. The largest absolute Gasteiger partial charge is 0.301 e. The topological polar surface area (TPSA) is 54.9 Å². The van der Waals surface area contributed by atoms with E-state index in [9.17, 15) is 4.79 Å². The van der Waals surface area contributed by atoms with Crippen LogP contribution in [0.2, 0.25) is 5.02 Å². The number of nitrogens with one attached hydrogen (secondary N) is 1. The van der Waals surface area contributed by atoms with E-state index in [1.807, 2.05) is 43.3 Å². The van der Waals surface area contributed by atoms with Gasteiger partial charge in [-0.15, -0.1) is 0 Å². The maximum Gasteiger partial charge on any atom is 0.239 e. The smallest absolute Gasteiger partial charge is 0.239 e. The SMILES string of the molecule is Cc1cc(SC(C)C(=O)Nc2nc3ccc(Cl)cc3s2)nc2ccccc12. The van der Waals surface area contributed by atoms with Crippen LogP contribution in [0.15, 0.2) is 53.6 Å². The average Bonchev–Trinajstić information content (AvgIpc) is 3.03. The fraction of sp³-hybridized carbons (Fsp3) is 0.150. The van der Waals surface area contributed by atoms with E-state index in [0.717, 1.165) is 31.7 Å². The van der Waals surface area contributed by atoms with E-state index in [1.165, 1.54) is 23.1 Å². The number of thioether (sulfide) groups is 1. The van der Waals surface area contributed by atoms with E-state index in [-0.39, 0.29) is 11.2 Å². The van der Waals surface area contributed by atoms with Gasteiger partial charge in [-0.1, -0.05) is 52.9 Å². The Bertz CT molecular complexity index is 1160. The van der Waals surface area contributed by atoms with E-state index >= 15 is 0 Å². The summed E-state index contributed by atoms with van der Waals surface area (Å²) in [7, 11) is 0. The molecular formula is C20H16ClN3OS2. The highest BCUT2D eigenvalue weighted by Gasteiger charge is 2.18. The minimum Gasteiger partial charge on any atom is -0.301 e. The summed E-state index contributed by atoms with van der Waals surface area (Å²) in [6, 6.07) is 15.5. The molecule has 2 aromatic carbocycles. The quantitative estimate of drug-likeness (QED) is 0.421. The van der Waals surface area contributed by atoms with Crippen LogP contribution in [0.1, 0.15) is 12.5 Å². The molecule has 0 radical (unpaired) electrons. The summed E-state index contributed by atoms with van der Waals surface area (Å²) in [4.78, 5) is 21.7. The van der Waals surface area contributed by atoms with E-state index < -0.39 is 0 Å². The van der Waals surface area contributed by atoms with Crippen LogP contribution in [0, 0.1) is 6.92 Å². The first-order chi connectivity index (χ1) is 13.0. The molecule has 0 aliphatic heterocycles. The Hall–Kier alpha value is -2.15. The van der Waals surface area contributed by atoms with Crippen LogP contribution in [0.4, 0.5) is 5.13 Å². The number of benzene rings is 2. The Kier molecular flexibility index (Phi) is 5.04. The van der Waals surface area contributed by atoms with Crippen molar-refractivity contribution in [1.82, 2.24) is 9.97 Å². The molecule has 1 unspecified atom stereocenters. The third-order valence-corrected chi connectivity index (χ3v) is 6.33. The molecule has 0 aliphatic rings. The Morgan fingerprint density at radius 2 is 1.96 bits per heavy atom. The van der Waals surface area contributed by atoms with Gasteiger partial charge in [-0.05, 0) is 49.7 Å². The predicted molar refractivity (Wildman–Crippen MR) is 115 cm³/mol. The van der Waals surface area contributed by atoms with E-state index in [4.69, 9.17) is 11.6 Å². The number of carbonyl (C=O) groups is 1. The van der Waals surface area contributed by atoms with Gasteiger partial charge in [0.2, 0.25) is 5.91 Å². The summed E-state index contributed by atoms with van der Waals surface area (Å²) in [5, 5.41) is 5.81. The van der Waals surface area contributed by atoms with E-state index in [0.29, 0.717) is 10.2 Å². The van der Waals surface area contributed by atoms with Gasteiger partial charge in [0.1, 0.15) is 0 Å². The van der Waals surface area contributed by atoms with Crippen molar-refractivity contribution in [3.63, 3.8) is 0 Å². The fourth-order valence-corrected chi connectivity index (χ4v) is 4.84. The summed E-state index contributed by atoms with van der Waals surface area (Å²) in [5.74, 6) is -0.0993. The molecular weight excluding hydrogens is 398 g/mol. The summed E-state index contributed by atoms with van der Waals surface area (Å²) < 4.78 is 0.949. The van der Waals surface area contributed by atoms with Crippen LogP contribution in [0.5, 0.6) is 0 Å². The van der Waals surface area contributed by atoms with Gasteiger partial charge in [0, 0.05) is 10.4 Å². The van der Waals surface area contributed by atoms with Gasteiger partial charge >= 0.3 is 0 Å². The van der Waals surface area contributed by atoms with Gasteiger partial charge in [0.05, 0.1) is 26.0 Å². The van der Waals surface area contributed by atoms with E-state index in [1.54, 1.807) is 6.07 Å². The van der Waals surface area contributed by atoms with Crippen molar-refractivity contribution in [2.45, 2.75) is 24.1 Å². The van der Waals surface area contributed by atoms with E-state index in [2.05, 4.69) is 28.3 Å². The van der Waals surface area contributed by atoms with Crippen molar-refractivity contribution in [3.8, 4) is 0 Å². The summed E-state index contributed by atoms with van der Waals surface area (Å²) in [6.45, 7) is 3.93. The highest BCUT2D eigenvalue weighted by molar-refractivity contribution is 8.00. The third-order valence-electron chi connectivity index (χ3n) is 4.15. The third kappa shape index (κ3) is 3.93. The minimum atomic E-state index is -0.298. The number of aromatic nitrogens is 2. The number of nitrogens with zero attached hydrogens (tertiary/aromatic N) is 2. The number of halogens is 1. The van der Waals surface area contributed by atoms with Crippen LogP contribution < -0.4 is 5.32 Å². The van der Waals surface area contributed by atoms with Crippen molar-refractivity contribution in [2.75, 3.05) is 5.32 Å². The van der Waals surface area contributed by atoms with Crippen molar-refractivity contribution < 1.29 is 4.79 Å². The number of rotatable bonds is 4. The summed E-state index contributed by atoms with van der Waals surface area (Å²) >= 11 is 8.87. The van der Waals surface area contributed by atoms with Gasteiger partial charge in [-0.2, -0.15) is 0 Å². The van der Waals surface area contributed by atoms with Crippen LogP contribution in [0.3, 0.4) is 0 Å². The second-order valence-electron chi connectivity index (χ2n) is 6.17. The predicted octanol–water partition coefficient (Wildman–Crippen LogP) is 5.93. The molecule has 4 aromatic rings. The Morgan fingerprint density at radius 3 is 2.81 bits per heavy atom. The van der Waals surface area contributed by atoms with Crippen LogP contribution in [-0.2, 0) is 4.79 Å². The molecule has 4 rings (SSSR count). The molecule has 0 aliphatic carbocycles. The molecule has 136 valence electrons. The van der Waals surface area contributed by atoms with Crippen LogP contribution >= 0.6 is 34.7 Å². The lowest BCUT2D eigenvalue weighted by atomic mass is 10.1. The molecule has 0 saturated carbocycles. The maximum absolute atomic E-state index is 12.6. The first kappa shape index (κ1) is 18.2. The highest BCUT2D eigenvalue weighted by Crippen LogP contribution is 2.30. The molecule has 2 aromatic heterocycles. The normalized spacial score (nSPS) is 12.4. The highest BCUT2D eigenvalue weighted by atomic mass is 35.5. The number of hydrogen-bond donors (Lipinski definition) is 1. The molecule has 0 fully saturated rings. The van der Waals surface area contributed by atoms with Crippen LogP contribution in [-0.4, -0.2) is 21.1 Å². The van der Waals surface area contributed by atoms with Gasteiger partial charge < -0.3 is 5.32 Å². The second-order valence-corrected chi connectivity index (χ2v) is 9.00. The molecule has 27 heavy (non-hydrogen) atoms. The number of pyridine rings is 1. The molecule has 1 N–H and O–H groups in total. The zero-order chi connectivity index (χ0) is 19.0. The second kappa shape index (κ2) is 7.46. The van der Waals surface area contributed by atoms with Crippen molar-refractivity contribution >= 4 is 66.9 Å². The van der Waals surface area contributed by atoms with Gasteiger partial charge in [0.15, 0.2) is 5.13 Å². The fourth-order valence-electron chi connectivity index (χ4n) is 2.77. The van der Waals surface area contributed by atoms with Crippen molar-refractivity contribution in [1.29, 1.82) is 0 Å². The zero-order valence-electron chi connectivity index (χ0n) is 14.7. The Morgan fingerprint density at radius 1 is 1.15 bits per heavy atom. The number of aryl methyl sites for hydroxylation is 1. The first-order valence-electron chi connectivity index (χ1n) is 8.39. The number of hydrogen-bond acceptors (Lipinski definition) is 5. The molecule has 7 heteroatoms. The molecule has 0 spiro atoms. The monoisotopic (exact) mass is 413 g/mol.